The van der Waals surface area contributed by atoms with Gasteiger partial charge in [-0.3, -0.25) is 0 Å². The molecule has 1 unspecified atom stereocenters. The van der Waals surface area contributed by atoms with Gasteiger partial charge in [-0.2, -0.15) is 0 Å². The van der Waals surface area contributed by atoms with Crippen molar-refractivity contribution in [1.82, 2.24) is 0 Å². The maximum atomic E-state index is 9.07. The Morgan fingerprint density at radius 2 is 1.59 bits per heavy atom. The Kier molecular flexibility index (Phi) is 6.89. The molecular formula is C15H26O2. The molecule has 0 bridgehead atoms. The van der Waals surface area contributed by atoms with Crippen LogP contribution in [-0.2, 0) is 5.41 Å². The molecule has 1 rings (SSSR count). The highest BCUT2D eigenvalue weighted by Crippen LogP contribution is 2.24. The molecule has 17 heavy (non-hydrogen) atoms. The third kappa shape index (κ3) is 6.32. The number of hydrogen-bond donors (Lipinski definition) is 1. The molecule has 2 heteroatoms. The second-order valence-corrected chi connectivity index (χ2v) is 4.93. The lowest BCUT2D eigenvalue weighted by Crippen LogP contribution is -2.13. The van der Waals surface area contributed by atoms with Crippen LogP contribution >= 0.6 is 0 Å². The quantitative estimate of drug-likeness (QED) is 0.868. The van der Waals surface area contributed by atoms with Gasteiger partial charge in [-0.25, -0.2) is 0 Å². The summed E-state index contributed by atoms with van der Waals surface area (Å²) in [5.74, 6) is 0.809. The summed E-state index contributed by atoms with van der Waals surface area (Å²) >= 11 is 0. The summed E-state index contributed by atoms with van der Waals surface area (Å²) < 4.78 is 5.39. The topological polar surface area (TPSA) is 29.5 Å². The van der Waals surface area contributed by atoms with Crippen molar-refractivity contribution in [2.24, 2.45) is 0 Å². The Labute approximate surface area is 106 Å². The molecule has 0 aliphatic carbocycles. The number of hydrogen-bond acceptors (Lipinski definition) is 2. The number of rotatable bonds is 3. The number of aliphatic hydroxyl groups excluding tert-OH is 1. The molecule has 0 radical (unpaired) electrons. The Morgan fingerprint density at radius 1 is 1.12 bits per heavy atom. The Hall–Kier alpha value is -1.02. The molecule has 98 valence electrons. The van der Waals surface area contributed by atoms with E-state index >= 15 is 0 Å². The highest BCUT2D eigenvalue weighted by molar-refractivity contribution is 5.31. The van der Waals surface area contributed by atoms with E-state index in [0.717, 1.165) is 5.75 Å². The zero-order chi connectivity index (χ0) is 13.5. The number of benzene rings is 1. The van der Waals surface area contributed by atoms with Gasteiger partial charge in [-0.05, 0) is 30.0 Å². The molecule has 0 aromatic heterocycles. The van der Waals surface area contributed by atoms with Crippen molar-refractivity contribution in [1.29, 1.82) is 0 Å². The molecule has 0 saturated heterocycles. The highest BCUT2D eigenvalue weighted by Gasteiger charge is 2.12. The largest absolute Gasteiger partial charge is 0.491 e. The van der Waals surface area contributed by atoms with Crippen molar-refractivity contribution in [3.05, 3.63) is 29.8 Å². The van der Waals surface area contributed by atoms with Crippen molar-refractivity contribution >= 4 is 0 Å². The summed E-state index contributed by atoms with van der Waals surface area (Å²) in [5.41, 5.74) is 1.45. The van der Waals surface area contributed by atoms with Gasteiger partial charge in [0.05, 0.1) is 6.10 Å². The molecular weight excluding hydrogens is 212 g/mol. The molecule has 0 aliphatic heterocycles. The second kappa shape index (κ2) is 7.33. The minimum Gasteiger partial charge on any atom is -0.491 e. The van der Waals surface area contributed by atoms with Crippen molar-refractivity contribution in [2.75, 3.05) is 6.61 Å². The van der Waals surface area contributed by atoms with Crippen molar-refractivity contribution in [3.8, 4) is 5.75 Å². The van der Waals surface area contributed by atoms with Gasteiger partial charge in [0, 0.05) is 0 Å². The van der Waals surface area contributed by atoms with Gasteiger partial charge >= 0.3 is 0 Å². The first-order valence-corrected chi connectivity index (χ1v) is 6.31. The van der Waals surface area contributed by atoms with E-state index < -0.39 is 6.10 Å². The molecule has 2 nitrogen and oxygen atoms in total. The van der Waals surface area contributed by atoms with Crippen LogP contribution in [-0.4, -0.2) is 17.8 Å². The lowest BCUT2D eigenvalue weighted by atomic mass is 9.87. The maximum absolute atomic E-state index is 9.07. The summed E-state index contributed by atoms with van der Waals surface area (Å²) in [5, 5.41) is 9.07. The van der Waals surface area contributed by atoms with E-state index in [4.69, 9.17) is 9.84 Å². The van der Waals surface area contributed by atoms with Crippen LogP contribution < -0.4 is 4.74 Å². The Balaban J connectivity index is 0.00000121. The fourth-order valence-electron chi connectivity index (χ4n) is 1.27. The summed E-state index contributed by atoms with van der Waals surface area (Å²) in [6.07, 6.45) is -0.424. The molecule has 0 spiro atoms. The predicted molar refractivity (Wildman–Crippen MR) is 73.7 cm³/mol. The molecule has 0 heterocycles. The fourth-order valence-corrected chi connectivity index (χ4v) is 1.27. The summed E-state index contributed by atoms with van der Waals surface area (Å²) in [6.45, 7) is 12.6. The molecule has 0 aliphatic rings. The summed E-state index contributed by atoms with van der Waals surface area (Å²) in [4.78, 5) is 0. The van der Waals surface area contributed by atoms with Crippen molar-refractivity contribution < 1.29 is 9.84 Å². The van der Waals surface area contributed by atoms with Gasteiger partial charge in [-0.1, -0.05) is 46.8 Å². The van der Waals surface area contributed by atoms with Crippen molar-refractivity contribution in [2.45, 2.75) is 53.1 Å². The van der Waals surface area contributed by atoms with Crippen LogP contribution in [0.4, 0.5) is 0 Å². The van der Waals surface area contributed by atoms with E-state index in [2.05, 4.69) is 32.9 Å². The zero-order valence-corrected chi connectivity index (χ0v) is 11.9. The average molecular weight is 238 g/mol. The molecule has 0 saturated carbocycles. The van der Waals surface area contributed by atoms with E-state index in [1.807, 2.05) is 26.0 Å². The summed E-state index contributed by atoms with van der Waals surface area (Å²) in [6, 6.07) is 8.03. The third-order valence-electron chi connectivity index (χ3n) is 2.21. The Bertz CT molecular complexity index is 294. The Morgan fingerprint density at radius 3 is 1.94 bits per heavy atom. The SMILES string of the molecule is CC.CC(O)COc1ccc(C(C)(C)C)cc1. The van der Waals surface area contributed by atoms with Crippen LogP contribution in [0.2, 0.25) is 0 Å². The van der Waals surface area contributed by atoms with Gasteiger partial charge in [0.25, 0.3) is 0 Å². The van der Waals surface area contributed by atoms with E-state index in [0.29, 0.717) is 6.61 Å². The van der Waals surface area contributed by atoms with Crippen LogP contribution in [0.5, 0.6) is 5.75 Å². The first-order chi connectivity index (χ1) is 7.89. The zero-order valence-electron chi connectivity index (χ0n) is 11.9. The van der Waals surface area contributed by atoms with E-state index in [1.165, 1.54) is 5.56 Å². The lowest BCUT2D eigenvalue weighted by Gasteiger charge is -2.19. The van der Waals surface area contributed by atoms with Gasteiger partial charge in [0.2, 0.25) is 0 Å². The van der Waals surface area contributed by atoms with Crippen LogP contribution in [0.3, 0.4) is 0 Å². The number of aliphatic hydroxyl groups is 1. The molecule has 1 aromatic carbocycles. The first kappa shape index (κ1) is 16.0. The minimum absolute atomic E-state index is 0.169. The van der Waals surface area contributed by atoms with Crippen LogP contribution in [0.1, 0.15) is 47.1 Å². The minimum atomic E-state index is -0.424. The second-order valence-electron chi connectivity index (χ2n) is 4.93. The average Bonchev–Trinajstić information content (AvgIpc) is 2.28. The smallest absolute Gasteiger partial charge is 0.119 e. The highest BCUT2D eigenvalue weighted by atomic mass is 16.5. The van der Waals surface area contributed by atoms with Crippen LogP contribution in [0, 0.1) is 0 Å². The first-order valence-electron chi connectivity index (χ1n) is 6.31. The molecule has 1 atom stereocenters. The van der Waals surface area contributed by atoms with Gasteiger partial charge in [-0.15, -0.1) is 0 Å². The lowest BCUT2D eigenvalue weighted by molar-refractivity contribution is 0.122. The summed E-state index contributed by atoms with van der Waals surface area (Å²) in [7, 11) is 0. The molecule has 0 amide bonds. The van der Waals surface area contributed by atoms with Crippen LogP contribution in [0.15, 0.2) is 24.3 Å². The third-order valence-corrected chi connectivity index (χ3v) is 2.21. The van der Waals surface area contributed by atoms with Gasteiger partial charge < -0.3 is 9.84 Å². The standard InChI is InChI=1S/C13H20O2.C2H6/c1-10(14)9-15-12-7-5-11(6-8-12)13(2,3)4;1-2/h5-8,10,14H,9H2,1-4H3;1-2H3. The van der Waals surface area contributed by atoms with E-state index in [9.17, 15) is 0 Å². The predicted octanol–water partition coefficient (Wildman–Crippen LogP) is 3.77. The van der Waals surface area contributed by atoms with E-state index in [-0.39, 0.29) is 5.41 Å². The number of ether oxygens (including phenoxy) is 1. The fraction of sp³-hybridized carbons (Fsp3) is 0.600. The van der Waals surface area contributed by atoms with Crippen LogP contribution in [0.25, 0.3) is 0 Å². The molecule has 0 fully saturated rings. The normalized spacial score (nSPS) is 12.4. The maximum Gasteiger partial charge on any atom is 0.119 e. The van der Waals surface area contributed by atoms with Crippen molar-refractivity contribution in [3.63, 3.8) is 0 Å². The van der Waals surface area contributed by atoms with Gasteiger partial charge in [0.1, 0.15) is 12.4 Å². The van der Waals surface area contributed by atoms with Gasteiger partial charge in [0.15, 0.2) is 0 Å². The molecule has 1 aromatic rings. The monoisotopic (exact) mass is 238 g/mol. The van der Waals surface area contributed by atoms with E-state index in [1.54, 1.807) is 6.92 Å². The molecule has 1 N–H and O–H groups in total.